The van der Waals surface area contributed by atoms with Gasteiger partial charge in [0, 0.05) is 29.5 Å². The Bertz CT molecular complexity index is 1380. The van der Waals surface area contributed by atoms with E-state index in [0.717, 1.165) is 22.6 Å². The fourth-order valence-electron chi connectivity index (χ4n) is 5.28. The number of hydrazone groups is 2. The molecule has 3 atom stereocenters. The second-order valence-corrected chi connectivity index (χ2v) is 9.87. The van der Waals surface area contributed by atoms with Crippen LogP contribution in [0.2, 0.25) is 0 Å². The first-order valence-corrected chi connectivity index (χ1v) is 12.9. The van der Waals surface area contributed by atoms with Crippen molar-refractivity contribution in [3.8, 4) is 11.5 Å². The maximum Gasteiger partial charge on any atom is 0.247 e. The van der Waals surface area contributed by atoms with E-state index < -0.39 is 0 Å². The van der Waals surface area contributed by atoms with Crippen molar-refractivity contribution in [3.63, 3.8) is 0 Å². The van der Waals surface area contributed by atoms with Crippen LogP contribution in [0.5, 0.6) is 11.5 Å². The minimum absolute atomic E-state index is 0.000454. The zero-order chi connectivity index (χ0) is 27.5. The Balaban J connectivity index is 1.34. The van der Waals surface area contributed by atoms with Crippen LogP contribution < -0.4 is 20.2 Å². The molecule has 0 saturated heterocycles. The Morgan fingerprint density at radius 2 is 1.67 bits per heavy atom. The predicted octanol–water partition coefficient (Wildman–Crippen LogP) is 3.33. The molecule has 2 aromatic rings. The molecule has 0 radical (unpaired) electrons. The number of carbonyl (C=O) groups excluding carboxylic acids is 3. The Labute approximate surface area is 226 Å². The molecule has 3 aliphatic rings. The molecule has 10 heteroatoms. The highest BCUT2D eigenvalue weighted by Crippen LogP contribution is 2.37. The van der Waals surface area contributed by atoms with Crippen molar-refractivity contribution in [1.82, 2.24) is 10.4 Å². The number of hydrogen-bond donors (Lipinski definition) is 2. The van der Waals surface area contributed by atoms with Crippen molar-refractivity contribution in [3.05, 3.63) is 65.7 Å². The number of benzene rings is 2. The topological polar surface area (TPSA) is 122 Å². The van der Waals surface area contributed by atoms with Gasteiger partial charge in [-0.1, -0.05) is 31.2 Å². The highest BCUT2D eigenvalue weighted by atomic mass is 16.5. The summed E-state index contributed by atoms with van der Waals surface area (Å²) in [5.41, 5.74) is 6.33. The molecule has 1 unspecified atom stereocenters. The molecule has 39 heavy (non-hydrogen) atoms. The van der Waals surface area contributed by atoms with Crippen molar-refractivity contribution in [2.75, 3.05) is 26.1 Å². The summed E-state index contributed by atoms with van der Waals surface area (Å²) in [5.74, 6) is 0.184. The standard InChI is InChI=1S/C29H31N5O5/c1-17-14-25(35)31-32-27(17)18-8-11-20(12-9-18)30-26(36)16-34-29(37)22-7-5-4-6-21(22)28(33-34)19-10-13-23(38-2)24(15-19)39-3/h4-5,8-13,15,17,21-22H,6-7,14,16H2,1-3H3,(H,30,36)(H,31,35)/t17?,21-,22+/m0/s1. The van der Waals surface area contributed by atoms with Crippen LogP contribution in [0.4, 0.5) is 5.69 Å². The summed E-state index contributed by atoms with van der Waals surface area (Å²) >= 11 is 0. The summed E-state index contributed by atoms with van der Waals surface area (Å²) in [6.07, 6.45) is 5.76. The molecule has 3 amide bonds. The fourth-order valence-corrected chi connectivity index (χ4v) is 5.28. The maximum atomic E-state index is 13.3. The van der Waals surface area contributed by atoms with E-state index in [9.17, 15) is 14.4 Å². The van der Waals surface area contributed by atoms with Crippen molar-refractivity contribution >= 4 is 34.8 Å². The van der Waals surface area contributed by atoms with Gasteiger partial charge in [-0.2, -0.15) is 10.2 Å². The summed E-state index contributed by atoms with van der Waals surface area (Å²) in [6, 6.07) is 12.8. The Morgan fingerprint density at radius 1 is 0.974 bits per heavy atom. The zero-order valence-corrected chi connectivity index (χ0v) is 22.1. The van der Waals surface area contributed by atoms with Crippen LogP contribution in [0.3, 0.4) is 0 Å². The number of nitrogens with zero attached hydrogens (tertiary/aromatic N) is 3. The van der Waals surface area contributed by atoms with Gasteiger partial charge in [-0.15, -0.1) is 0 Å². The number of fused-ring (bicyclic) bond motifs is 1. The van der Waals surface area contributed by atoms with Gasteiger partial charge in [-0.05, 0) is 48.7 Å². The smallest absolute Gasteiger partial charge is 0.247 e. The number of allylic oxidation sites excluding steroid dienone is 2. The van der Waals surface area contributed by atoms with Crippen molar-refractivity contribution in [2.45, 2.75) is 26.2 Å². The molecular weight excluding hydrogens is 498 g/mol. The van der Waals surface area contributed by atoms with E-state index in [4.69, 9.17) is 9.47 Å². The molecule has 2 aromatic carbocycles. The molecule has 0 aromatic heterocycles. The quantitative estimate of drug-likeness (QED) is 0.533. The third kappa shape index (κ3) is 5.41. The van der Waals surface area contributed by atoms with Crippen LogP contribution >= 0.6 is 0 Å². The van der Waals surface area contributed by atoms with Crippen molar-refractivity contribution in [2.24, 2.45) is 28.0 Å². The number of hydrogen-bond acceptors (Lipinski definition) is 7. The van der Waals surface area contributed by atoms with E-state index in [1.54, 1.807) is 26.4 Å². The van der Waals surface area contributed by atoms with E-state index in [0.29, 0.717) is 36.4 Å². The molecule has 2 heterocycles. The van der Waals surface area contributed by atoms with Crippen LogP contribution in [0.1, 0.15) is 37.3 Å². The molecule has 1 aliphatic carbocycles. The van der Waals surface area contributed by atoms with E-state index >= 15 is 0 Å². The first-order valence-electron chi connectivity index (χ1n) is 12.9. The summed E-state index contributed by atoms with van der Waals surface area (Å²) < 4.78 is 10.8. The molecule has 10 nitrogen and oxygen atoms in total. The number of anilines is 1. The zero-order valence-electron chi connectivity index (χ0n) is 22.1. The lowest BCUT2D eigenvalue weighted by atomic mass is 9.76. The van der Waals surface area contributed by atoms with Gasteiger partial charge < -0.3 is 14.8 Å². The van der Waals surface area contributed by atoms with Gasteiger partial charge in [0.1, 0.15) is 6.54 Å². The first kappa shape index (κ1) is 26.1. The van der Waals surface area contributed by atoms with E-state index in [1.165, 1.54) is 5.01 Å². The summed E-state index contributed by atoms with van der Waals surface area (Å²) in [5, 5.41) is 13.0. The molecule has 2 N–H and O–H groups in total. The molecule has 0 spiro atoms. The van der Waals surface area contributed by atoms with Crippen LogP contribution in [0.15, 0.2) is 64.8 Å². The first-order chi connectivity index (χ1) is 18.9. The third-order valence-corrected chi connectivity index (χ3v) is 7.28. The number of amides is 3. The van der Waals surface area contributed by atoms with Gasteiger partial charge in [0.25, 0.3) is 0 Å². The lowest BCUT2D eigenvalue weighted by Gasteiger charge is -2.36. The van der Waals surface area contributed by atoms with Gasteiger partial charge >= 0.3 is 0 Å². The second kappa shape index (κ2) is 11.1. The highest BCUT2D eigenvalue weighted by Gasteiger charge is 2.40. The van der Waals surface area contributed by atoms with Gasteiger partial charge in [-0.25, -0.2) is 10.4 Å². The maximum absolute atomic E-state index is 13.3. The van der Waals surface area contributed by atoms with Crippen LogP contribution in [-0.4, -0.2) is 54.9 Å². The van der Waals surface area contributed by atoms with Crippen molar-refractivity contribution in [1.29, 1.82) is 0 Å². The number of methoxy groups -OCH3 is 2. The van der Waals surface area contributed by atoms with Gasteiger partial charge in [-0.3, -0.25) is 14.4 Å². The molecule has 202 valence electrons. The molecule has 2 aliphatic heterocycles. The SMILES string of the molecule is COc1ccc(C2=NN(CC(=O)Nc3ccc(C4=NNC(=O)CC4C)cc3)C(=O)[C@@H]3CC=CC[C@H]23)cc1OC. The monoisotopic (exact) mass is 529 g/mol. The third-order valence-electron chi connectivity index (χ3n) is 7.28. The van der Waals surface area contributed by atoms with Gasteiger partial charge in [0.2, 0.25) is 17.7 Å². The lowest BCUT2D eigenvalue weighted by molar-refractivity contribution is -0.140. The second-order valence-electron chi connectivity index (χ2n) is 9.87. The summed E-state index contributed by atoms with van der Waals surface area (Å²) in [6.45, 7) is 1.74. The molecular formula is C29H31N5O5. The molecule has 0 saturated carbocycles. The van der Waals surface area contributed by atoms with E-state index in [1.807, 2.05) is 43.3 Å². The van der Waals surface area contributed by atoms with Crippen LogP contribution in [0.25, 0.3) is 0 Å². The van der Waals surface area contributed by atoms with Crippen LogP contribution in [-0.2, 0) is 14.4 Å². The molecule has 0 bridgehead atoms. The number of ether oxygens (including phenoxy) is 2. The number of rotatable bonds is 7. The normalized spacial score (nSPS) is 22.3. The van der Waals surface area contributed by atoms with Crippen molar-refractivity contribution < 1.29 is 23.9 Å². The number of nitrogens with one attached hydrogen (secondary N) is 2. The predicted molar refractivity (Wildman–Crippen MR) is 147 cm³/mol. The highest BCUT2D eigenvalue weighted by molar-refractivity contribution is 6.08. The van der Waals surface area contributed by atoms with Crippen LogP contribution in [0, 0.1) is 17.8 Å². The molecule has 5 rings (SSSR count). The Morgan fingerprint density at radius 3 is 2.36 bits per heavy atom. The average molecular weight is 530 g/mol. The summed E-state index contributed by atoms with van der Waals surface area (Å²) in [4.78, 5) is 37.9. The minimum atomic E-state index is -0.355. The van der Waals surface area contributed by atoms with Gasteiger partial charge in [0.05, 0.1) is 31.6 Å². The van der Waals surface area contributed by atoms with Gasteiger partial charge in [0.15, 0.2) is 11.5 Å². The minimum Gasteiger partial charge on any atom is -0.493 e. The largest absolute Gasteiger partial charge is 0.493 e. The summed E-state index contributed by atoms with van der Waals surface area (Å²) in [7, 11) is 3.15. The lowest BCUT2D eigenvalue weighted by Crippen LogP contribution is -2.47. The average Bonchev–Trinajstić information content (AvgIpc) is 2.95. The fraction of sp³-hybridized carbons (Fsp3) is 0.345. The van der Waals surface area contributed by atoms with E-state index in [-0.39, 0.29) is 42.0 Å². The Kier molecular flexibility index (Phi) is 7.44. The van der Waals surface area contributed by atoms with E-state index in [2.05, 4.69) is 27.0 Å². The Hall–Kier alpha value is -4.47. The molecule has 0 fully saturated rings. The number of carbonyl (C=O) groups is 3.